The van der Waals surface area contributed by atoms with Crippen LogP contribution in [0.2, 0.25) is 0 Å². The summed E-state index contributed by atoms with van der Waals surface area (Å²) >= 11 is 1.70. The molecule has 6 amide bonds. The number of halogens is 6. The van der Waals surface area contributed by atoms with E-state index in [4.69, 9.17) is 33.8 Å². The molecule has 3 rings (SSSR count). The fourth-order valence-corrected chi connectivity index (χ4v) is 7.65. The average molecular weight is 1030 g/mol. The van der Waals surface area contributed by atoms with Crippen LogP contribution in [0.3, 0.4) is 0 Å². The Kier molecular flexibility index (Phi) is 22.9. The summed E-state index contributed by atoms with van der Waals surface area (Å²) in [6.45, 7) is -0.288. The number of anilines is 4. The van der Waals surface area contributed by atoms with Gasteiger partial charge in [0, 0.05) is 56.6 Å². The molecule has 0 radical (unpaired) electrons. The number of carbonyl (C=O) groups is 6. The minimum Gasteiger partial charge on any atom is -0.370 e. The predicted molar refractivity (Wildman–Crippen MR) is 251 cm³/mol. The Morgan fingerprint density at radius 3 is 1.20 bits per heavy atom. The highest BCUT2D eigenvalue weighted by Crippen LogP contribution is 2.43. The second-order valence-electron chi connectivity index (χ2n) is 14.5. The van der Waals surface area contributed by atoms with Gasteiger partial charge in [0.05, 0.1) is 56.8 Å². The van der Waals surface area contributed by atoms with Crippen LogP contribution in [0.4, 0.5) is 49.1 Å². The normalized spacial score (nSPS) is 11.2. The molecule has 0 fully saturated rings. The van der Waals surface area contributed by atoms with Gasteiger partial charge >= 0.3 is 12.4 Å². The number of hydrogen-bond acceptors (Lipinski definition) is 14. The summed E-state index contributed by atoms with van der Waals surface area (Å²) in [6.07, 6.45) is -8.36. The highest BCUT2D eigenvalue weighted by atomic mass is 32.2. The lowest BCUT2D eigenvalue weighted by Gasteiger charge is -2.20. The van der Waals surface area contributed by atoms with Gasteiger partial charge in [-0.3, -0.25) is 39.6 Å². The lowest BCUT2D eigenvalue weighted by Crippen LogP contribution is -2.31. The third-order valence-electron chi connectivity index (χ3n) is 9.01. The largest absolute Gasteiger partial charge is 0.416 e. The zero-order valence-electron chi connectivity index (χ0n) is 37.1. The third-order valence-corrected chi connectivity index (χ3v) is 11.3. The fourth-order valence-electron chi connectivity index (χ4n) is 5.77. The lowest BCUT2D eigenvalue weighted by atomic mass is 10.1. The van der Waals surface area contributed by atoms with Gasteiger partial charge in [-0.25, -0.2) is 9.97 Å². The molecule has 1 heterocycles. The predicted octanol–water partition coefficient (Wildman–Crippen LogP) is 2.54. The van der Waals surface area contributed by atoms with Crippen LogP contribution in [0.25, 0.3) is 0 Å². The Balaban J connectivity index is 2.02. The molecule has 30 heteroatoms. The van der Waals surface area contributed by atoms with Crippen molar-refractivity contribution in [3.63, 3.8) is 0 Å². The molecule has 0 bridgehead atoms. The first-order chi connectivity index (χ1) is 33.0. The van der Waals surface area contributed by atoms with E-state index in [-0.39, 0.29) is 110 Å². The summed E-state index contributed by atoms with van der Waals surface area (Å²) in [4.78, 5) is 84.6. The summed E-state index contributed by atoms with van der Waals surface area (Å²) in [5, 5.41) is 34.1. The van der Waals surface area contributed by atoms with E-state index in [2.05, 4.69) is 52.5 Å². The summed E-state index contributed by atoms with van der Waals surface area (Å²) in [5.41, 5.74) is 15.7. The van der Waals surface area contributed by atoms with Crippen LogP contribution in [0, 0.1) is 10.8 Å². The van der Waals surface area contributed by atoms with Gasteiger partial charge in [0.2, 0.25) is 23.6 Å². The Morgan fingerprint density at radius 1 is 0.514 bits per heavy atom. The van der Waals surface area contributed by atoms with Crippen molar-refractivity contribution in [2.75, 3.05) is 72.0 Å². The first kappa shape index (κ1) is 57.4. The number of amides is 6. The summed E-state index contributed by atoms with van der Waals surface area (Å²) in [7, 11) is 0. The molecule has 18 N–H and O–H groups in total. The Morgan fingerprint density at radius 2 is 0.871 bits per heavy atom. The van der Waals surface area contributed by atoms with Gasteiger partial charge in [-0.1, -0.05) is 0 Å². The topological polar surface area (TPSA) is 376 Å². The number of aromatic nitrogens is 2. The standard InChI is InChI=1S/C40H52F6N16O6S2/c41-39(42,43)21-13-23(59-29(63)5-1-3-7-55-37(49)50)33(69-11-9-53-31(65)18-47)25(15-21)61-35(67)27-17-28(58-20-57-27)36(68)62-26-16-22(40(44,45)46)14-24(34(26)70-12-10-54-32(66)19-48)60-30(64)6-2-4-8-56-38(51)52/h13-17,20H,1-12,18-19,47-48H2,(H,53,65)(H,54,66)(H,59,63)(H,60,64)(H,61,67)(H,62,68)(H4,49,50,55)(H4,51,52,56). The van der Waals surface area contributed by atoms with Gasteiger partial charge in [0.25, 0.3) is 11.8 Å². The van der Waals surface area contributed by atoms with Crippen LogP contribution in [0.5, 0.6) is 0 Å². The van der Waals surface area contributed by atoms with Crippen molar-refractivity contribution < 1.29 is 55.1 Å². The molecule has 0 aliphatic carbocycles. The molecular formula is C40H52F6N16O6S2. The zero-order chi connectivity index (χ0) is 52.0. The number of unbranched alkanes of at least 4 members (excludes halogenated alkanes) is 2. The van der Waals surface area contributed by atoms with Gasteiger partial charge in [0.15, 0.2) is 11.9 Å². The molecule has 382 valence electrons. The molecule has 0 atom stereocenters. The minimum atomic E-state index is -5.01. The summed E-state index contributed by atoms with van der Waals surface area (Å²) < 4.78 is 85.9. The number of nitrogens with two attached hydrogens (primary N) is 4. The lowest BCUT2D eigenvalue weighted by molar-refractivity contribution is -0.138. The molecule has 0 aliphatic rings. The van der Waals surface area contributed by atoms with E-state index in [9.17, 15) is 55.1 Å². The van der Waals surface area contributed by atoms with Crippen LogP contribution in [-0.4, -0.2) is 108 Å². The molecule has 3 aromatic rings. The van der Waals surface area contributed by atoms with Crippen molar-refractivity contribution in [2.45, 2.75) is 60.7 Å². The number of alkyl halides is 6. The van der Waals surface area contributed by atoms with Crippen molar-refractivity contribution in [1.29, 1.82) is 10.8 Å². The molecular weight excluding hydrogens is 979 g/mol. The highest BCUT2D eigenvalue weighted by Gasteiger charge is 2.35. The Hall–Kier alpha value is -6.92. The second kappa shape index (κ2) is 27.9. The van der Waals surface area contributed by atoms with Crippen molar-refractivity contribution in [3.8, 4) is 0 Å². The first-order valence-electron chi connectivity index (χ1n) is 20.9. The molecule has 22 nitrogen and oxygen atoms in total. The van der Waals surface area contributed by atoms with Crippen LogP contribution in [-0.2, 0) is 31.5 Å². The van der Waals surface area contributed by atoms with Crippen molar-refractivity contribution in [1.82, 2.24) is 31.2 Å². The molecule has 0 aliphatic heterocycles. The van der Waals surface area contributed by atoms with E-state index in [0.29, 0.717) is 37.1 Å². The first-order valence-corrected chi connectivity index (χ1v) is 22.9. The molecule has 0 saturated heterocycles. The van der Waals surface area contributed by atoms with Gasteiger partial charge in [-0.2, -0.15) is 26.3 Å². The number of guanidine groups is 2. The van der Waals surface area contributed by atoms with E-state index in [1.807, 2.05) is 0 Å². The van der Waals surface area contributed by atoms with Crippen LogP contribution in [0.15, 0.2) is 46.5 Å². The van der Waals surface area contributed by atoms with Crippen molar-refractivity contribution in [3.05, 3.63) is 59.2 Å². The van der Waals surface area contributed by atoms with Gasteiger partial charge < -0.3 is 65.5 Å². The monoisotopic (exact) mass is 1030 g/mol. The number of benzene rings is 2. The van der Waals surface area contributed by atoms with E-state index >= 15 is 0 Å². The summed E-state index contributed by atoms with van der Waals surface area (Å²) in [5.74, 6) is -5.44. The number of nitrogens with zero attached hydrogens (tertiary/aromatic N) is 2. The quantitative estimate of drug-likeness (QED) is 0.0181. The Labute approximate surface area is 404 Å². The van der Waals surface area contributed by atoms with Crippen molar-refractivity contribution >= 4 is 93.6 Å². The minimum absolute atomic E-state index is 0.000859. The molecule has 1 aromatic heterocycles. The maximum atomic E-state index is 14.3. The van der Waals surface area contributed by atoms with Crippen LogP contribution >= 0.6 is 23.5 Å². The number of nitrogens with one attached hydrogen (secondary N) is 10. The number of hydrogen-bond donors (Lipinski definition) is 14. The van der Waals surface area contributed by atoms with Crippen LogP contribution < -0.4 is 65.5 Å². The van der Waals surface area contributed by atoms with Crippen molar-refractivity contribution in [2.24, 2.45) is 22.9 Å². The van der Waals surface area contributed by atoms with E-state index in [1.165, 1.54) is 0 Å². The van der Waals surface area contributed by atoms with Crippen LogP contribution in [0.1, 0.15) is 70.6 Å². The smallest absolute Gasteiger partial charge is 0.370 e. The molecule has 0 spiro atoms. The van der Waals surface area contributed by atoms with E-state index < -0.39 is 81.7 Å². The molecule has 0 saturated carbocycles. The molecule has 0 unspecified atom stereocenters. The maximum absolute atomic E-state index is 14.3. The zero-order valence-corrected chi connectivity index (χ0v) is 38.7. The number of rotatable bonds is 26. The fraction of sp³-hybridized carbons (Fsp3) is 0.400. The maximum Gasteiger partial charge on any atom is 0.416 e. The average Bonchev–Trinajstić information content (AvgIpc) is 3.28. The number of thioether (sulfide) groups is 2. The Bertz CT molecular complexity index is 2220. The van der Waals surface area contributed by atoms with Gasteiger partial charge in [0.1, 0.15) is 17.7 Å². The molecule has 2 aromatic carbocycles. The van der Waals surface area contributed by atoms with E-state index in [1.54, 1.807) is 0 Å². The SMILES string of the molecule is N=C(N)NCCCCC(=O)Nc1cc(C(F)(F)F)cc(NC(=O)c2cc(C(=O)Nc3cc(C(F)(F)F)cc(NC(=O)CCCCNC(=N)N)c3SCCNC(=O)CN)ncn2)c1SCCNC(=O)CN. The highest BCUT2D eigenvalue weighted by molar-refractivity contribution is 7.99. The van der Waals surface area contributed by atoms with E-state index in [0.717, 1.165) is 35.9 Å². The second-order valence-corrected chi connectivity index (χ2v) is 16.7. The third kappa shape index (κ3) is 20.0. The number of carbonyl (C=O) groups excluding carboxylic acids is 6. The summed E-state index contributed by atoms with van der Waals surface area (Å²) in [6, 6.07) is 3.30. The van der Waals surface area contributed by atoms with Gasteiger partial charge in [-0.05, 0) is 49.9 Å². The molecule has 70 heavy (non-hydrogen) atoms. The van der Waals surface area contributed by atoms with Gasteiger partial charge in [-0.15, -0.1) is 23.5 Å².